The molecule has 5 aliphatic heterocycles. The van der Waals surface area contributed by atoms with Crippen LogP contribution < -0.4 is 19.3 Å². The second kappa shape index (κ2) is 13.6. The number of nitrogens with zero attached hydrogens (tertiary/aromatic N) is 6. The summed E-state index contributed by atoms with van der Waals surface area (Å²) in [6, 6.07) is 9.34. The molecule has 12 nitrogen and oxygen atoms in total. The number of terminal acetylenes is 1. The van der Waals surface area contributed by atoms with E-state index >= 15 is 0 Å². The molecule has 280 valence electrons. The van der Waals surface area contributed by atoms with Gasteiger partial charge >= 0.3 is 12.1 Å². The Morgan fingerprint density at radius 2 is 1.89 bits per heavy atom. The minimum atomic E-state index is -0.905. The molecule has 4 saturated heterocycles. The van der Waals surface area contributed by atoms with Gasteiger partial charge in [-0.25, -0.2) is 9.18 Å². The number of fused-ring (bicyclic) bond motifs is 5. The first-order valence-electron chi connectivity index (χ1n) is 18.6. The number of rotatable bonds is 8. The normalized spacial score (nSPS) is 25.4. The number of carbonyl (C=O) groups excluding carboxylic acids is 2. The van der Waals surface area contributed by atoms with Crippen LogP contribution in [0.2, 0.25) is 0 Å². The highest BCUT2D eigenvalue weighted by Gasteiger charge is 2.50. The number of alkyl halides is 1. The SMILES string of the molecule is C#Cc1cccc2cc(OCOC)cc(N3CCc4c(nc(OC[C@@]56CCCN5C[C@H](F)C6)nc4N4CC5CCC(C4)N5C(=O)OC(C)(C)C)C3=O)c12. The quantitative estimate of drug-likeness (QED) is 0.223. The smallest absolute Gasteiger partial charge is 0.410 e. The lowest BCUT2D eigenvalue weighted by molar-refractivity contribution is 0.0122. The van der Waals surface area contributed by atoms with Crippen LogP contribution in [0.4, 0.5) is 20.7 Å². The summed E-state index contributed by atoms with van der Waals surface area (Å²) in [5.74, 6) is 3.66. The molecule has 2 aromatic carbocycles. The van der Waals surface area contributed by atoms with Crippen molar-refractivity contribution in [1.29, 1.82) is 0 Å². The first kappa shape index (κ1) is 35.4. The average Bonchev–Trinajstić information content (AvgIpc) is 3.75. The summed E-state index contributed by atoms with van der Waals surface area (Å²) in [7, 11) is 1.55. The monoisotopic (exact) mass is 726 g/mol. The molecule has 6 heterocycles. The standard InChI is InChI=1S/C40H47FN6O6/c1-6-25-9-7-10-26-17-30(52-24-50-5)18-32(33(25)26)46-16-13-31-34(36(46)48)42-37(51-23-40-14-8-15-45(40)20-27(41)19-40)43-35(31)44-21-28-11-12-29(22-44)47(28)38(49)53-39(2,3)4/h1,7,9-10,17-18,27-29H,8,11-16,19-24H2,2-5H3/t27-,28?,29?,40+/m1/s1. The molecule has 2 unspecified atom stereocenters. The van der Waals surface area contributed by atoms with E-state index in [1.165, 1.54) is 0 Å². The first-order valence-corrected chi connectivity index (χ1v) is 18.6. The number of ether oxygens (including phenoxy) is 4. The van der Waals surface area contributed by atoms with Gasteiger partial charge in [0.15, 0.2) is 6.79 Å². The number of piperazine rings is 1. The lowest BCUT2D eigenvalue weighted by Crippen LogP contribution is -2.57. The van der Waals surface area contributed by atoms with Gasteiger partial charge in [0.1, 0.15) is 35.6 Å². The van der Waals surface area contributed by atoms with Crippen molar-refractivity contribution < 1.29 is 32.9 Å². The van der Waals surface area contributed by atoms with Gasteiger partial charge in [-0.15, -0.1) is 6.42 Å². The number of aromatic nitrogens is 2. The van der Waals surface area contributed by atoms with E-state index < -0.39 is 17.3 Å². The number of methoxy groups -OCH3 is 1. The molecule has 0 radical (unpaired) electrons. The molecular formula is C40H47FN6O6. The van der Waals surface area contributed by atoms with Crippen LogP contribution >= 0.6 is 0 Å². The topological polar surface area (TPSA) is 110 Å². The maximum atomic E-state index is 14.8. The Labute approximate surface area is 309 Å². The second-order valence-corrected chi connectivity index (χ2v) is 15.9. The number of hydrogen-bond donors (Lipinski definition) is 0. The van der Waals surface area contributed by atoms with Crippen LogP contribution in [-0.2, 0) is 15.9 Å². The minimum absolute atomic E-state index is 0.0408. The van der Waals surface area contributed by atoms with Crippen LogP contribution in [0.1, 0.15) is 74.5 Å². The van der Waals surface area contributed by atoms with Crippen molar-refractivity contribution in [3.63, 3.8) is 0 Å². The summed E-state index contributed by atoms with van der Waals surface area (Å²) >= 11 is 0. The average molecular weight is 727 g/mol. The summed E-state index contributed by atoms with van der Waals surface area (Å²) in [5.41, 5.74) is 1.24. The molecule has 13 heteroatoms. The Kier molecular flexibility index (Phi) is 9.10. The summed E-state index contributed by atoms with van der Waals surface area (Å²) in [6.07, 6.45) is 9.15. The molecular weight excluding hydrogens is 679 g/mol. The predicted molar refractivity (Wildman–Crippen MR) is 197 cm³/mol. The van der Waals surface area contributed by atoms with E-state index in [2.05, 4.69) is 15.7 Å². The van der Waals surface area contributed by atoms with Gasteiger partial charge in [0.2, 0.25) is 0 Å². The highest BCUT2D eigenvalue weighted by molar-refractivity contribution is 6.13. The maximum Gasteiger partial charge on any atom is 0.410 e. The van der Waals surface area contributed by atoms with Crippen molar-refractivity contribution in [3.8, 4) is 24.1 Å². The van der Waals surface area contributed by atoms with Crippen LogP contribution in [0.15, 0.2) is 30.3 Å². The Bertz CT molecular complexity index is 1970. The van der Waals surface area contributed by atoms with Gasteiger partial charge in [-0.3, -0.25) is 14.6 Å². The molecule has 0 N–H and O–H groups in total. The summed E-state index contributed by atoms with van der Waals surface area (Å²) in [5, 5.41) is 1.59. The van der Waals surface area contributed by atoms with E-state index in [4.69, 9.17) is 35.3 Å². The number of anilines is 2. The fraction of sp³-hybridized carbons (Fsp3) is 0.550. The van der Waals surface area contributed by atoms with Crippen LogP contribution in [0.3, 0.4) is 0 Å². The molecule has 0 spiro atoms. The zero-order valence-corrected chi connectivity index (χ0v) is 30.9. The number of benzene rings is 2. The minimum Gasteiger partial charge on any atom is -0.467 e. The molecule has 8 rings (SSSR count). The van der Waals surface area contributed by atoms with Crippen molar-refractivity contribution in [2.75, 3.05) is 63.0 Å². The zero-order chi connectivity index (χ0) is 37.1. The lowest BCUT2D eigenvalue weighted by atomic mass is 9.95. The first-order chi connectivity index (χ1) is 25.5. The molecule has 1 aromatic heterocycles. The van der Waals surface area contributed by atoms with Crippen molar-refractivity contribution in [2.45, 2.75) is 88.7 Å². The zero-order valence-electron chi connectivity index (χ0n) is 30.9. The molecule has 2 bridgehead atoms. The Balaban J connectivity index is 1.17. The maximum absolute atomic E-state index is 14.8. The van der Waals surface area contributed by atoms with Crippen molar-refractivity contribution in [3.05, 3.63) is 47.2 Å². The van der Waals surface area contributed by atoms with E-state index in [0.29, 0.717) is 61.8 Å². The number of carbonyl (C=O) groups is 2. The predicted octanol–water partition coefficient (Wildman–Crippen LogP) is 5.34. The van der Waals surface area contributed by atoms with Gasteiger partial charge in [-0.2, -0.15) is 9.97 Å². The fourth-order valence-electron chi connectivity index (χ4n) is 9.13. The molecule has 53 heavy (non-hydrogen) atoms. The van der Waals surface area contributed by atoms with Gasteiger partial charge in [0, 0.05) is 62.3 Å². The third-order valence-corrected chi connectivity index (χ3v) is 11.3. The third kappa shape index (κ3) is 6.50. The second-order valence-electron chi connectivity index (χ2n) is 15.9. The molecule has 0 saturated carbocycles. The van der Waals surface area contributed by atoms with Gasteiger partial charge in [-0.1, -0.05) is 18.1 Å². The van der Waals surface area contributed by atoms with Crippen molar-refractivity contribution in [2.24, 2.45) is 0 Å². The molecule has 3 aromatic rings. The van der Waals surface area contributed by atoms with Gasteiger partial charge < -0.3 is 28.7 Å². The van der Waals surface area contributed by atoms with Gasteiger partial charge in [0.05, 0.1) is 23.3 Å². The lowest BCUT2D eigenvalue weighted by Gasteiger charge is -2.42. The Hall–Kier alpha value is -4.67. The fourth-order valence-corrected chi connectivity index (χ4v) is 9.13. The van der Waals surface area contributed by atoms with E-state index in [1.807, 2.05) is 56.0 Å². The largest absolute Gasteiger partial charge is 0.467 e. The van der Waals surface area contributed by atoms with Crippen molar-refractivity contribution in [1.82, 2.24) is 19.8 Å². The summed E-state index contributed by atoms with van der Waals surface area (Å²) in [6.45, 7) is 8.56. The van der Waals surface area contributed by atoms with E-state index in [1.54, 1.807) is 12.0 Å². The van der Waals surface area contributed by atoms with Crippen LogP contribution in [0.5, 0.6) is 11.8 Å². The van der Waals surface area contributed by atoms with Crippen LogP contribution in [0.25, 0.3) is 10.8 Å². The Morgan fingerprint density at radius 1 is 1.09 bits per heavy atom. The van der Waals surface area contributed by atoms with Crippen molar-refractivity contribution >= 4 is 34.3 Å². The molecule has 0 aliphatic carbocycles. The summed E-state index contributed by atoms with van der Waals surface area (Å²) in [4.78, 5) is 45.8. The van der Waals surface area contributed by atoms with E-state index in [9.17, 15) is 14.0 Å². The molecule has 4 fully saturated rings. The number of amides is 2. The number of hydrogen-bond acceptors (Lipinski definition) is 10. The van der Waals surface area contributed by atoms with E-state index in [-0.39, 0.29) is 49.2 Å². The van der Waals surface area contributed by atoms with Gasteiger partial charge in [-0.05, 0) is 76.9 Å². The summed E-state index contributed by atoms with van der Waals surface area (Å²) < 4.78 is 37.9. The highest BCUT2D eigenvalue weighted by atomic mass is 19.1. The third-order valence-electron chi connectivity index (χ3n) is 11.3. The van der Waals surface area contributed by atoms with Crippen LogP contribution in [0, 0.1) is 12.3 Å². The molecule has 5 aliphatic rings. The highest BCUT2D eigenvalue weighted by Crippen LogP contribution is 2.42. The number of halogens is 1. The van der Waals surface area contributed by atoms with Crippen LogP contribution in [-0.4, -0.2) is 114 Å². The molecule has 2 amide bonds. The van der Waals surface area contributed by atoms with E-state index in [0.717, 1.165) is 48.6 Å². The van der Waals surface area contributed by atoms with Gasteiger partial charge in [0.25, 0.3) is 5.91 Å². The molecule has 4 atom stereocenters. The Morgan fingerprint density at radius 3 is 2.62 bits per heavy atom.